The van der Waals surface area contributed by atoms with Gasteiger partial charge < -0.3 is 4.74 Å². The minimum Gasteiger partial charge on any atom is -0.496 e. The summed E-state index contributed by atoms with van der Waals surface area (Å²) in [6.45, 7) is 1.81. The summed E-state index contributed by atoms with van der Waals surface area (Å²) in [6, 6.07) is 7.18. The zero-order valence-corrected chi connectivity index (χ0v) is 7.78. The van der Waals surface area contributed by atoms with Gasteiger partial charge in [-0.15, -0.1) is 0 Å². The molecule has 0 aromatic heterocycles. The van der Waals surface area contributed by atoms with E-state index in [4.69, 9.17) is 4.74 Å². The lowest BCUT2D eigenvalue weighted by atomic mass is 10.1. The lowest BCUT2D eigenvalue weighted by Crippen LogP contribution is -1.97. The molecule has 0 spiro atoms. The smallest absolute Gasteiger partial charge is 0.189 e. The fourth-order valence-corrected chi connectivity index (χ4v) is 1.09. The largest absolute Gasteiger partial charge is 0.496 e. The highest BCUT2D eigenvalue weighted by Gasteiger charge is 2.06. The van der Waals surface area contributed by atoms with E-state index in [1.54, 1.807) is 25.3 Å². The van der Waals surface area contributed by atoms with Crippen molar-refractivity contribution in [2.75, 3.05) is 7.11 Å². The monoisotopic (exact) mass is 176 g/mol. The third-order valence-corrected chi connectivity index (χ3v) is 1.69. The van der Waals surface area contributed by atoms with E-state index >= 15 is 0 Å². The van der Waals surface area contributed by atoms with Crippen molar-refractivity contribution in [3.8, 4) is 5.75 Å². The van der Waals surface area contributed by atoms with Gasteiger partial charge in [-0.05, 0) is 25.1 Å². The number of hydrogen-bond acceptors (Lipinski definition) is 2. The summed E-state index contributed by atoms with van der Waals surface area (Å²) in [5.74, 6) is 0.588. The number of hydrogen-bond donors (Lipinski definition) is 0. The predicted octanol–water partition coefficient (Wildman–Crippen LogP) is 2.45. The van der Waals surface area contributed by atoms with Crippen LogP contribution < -0.4 is 4.74 Å². The molecule has 1 aromatic carbocycles. The van der Waals surface area contributed by atoms with Gasteiger partial charge in [0.2, 0.25) is 0 Å². The molecular weight excluding hydrogens is 164 g/mol. The van der Waals surface area contributed by atoms with Gasteiger partial charge >= 0.3 is 0 Å². The van der Waals surface area contributed by atoms with Crippen molar-refractivity contribution in [2.24, 2.45) is 0 Å². The number of ether oxygens (including phenoxy) is 1. The summed E-state index contributed by atoms with van der Waals surface area (Å²) in [4.78, 5) is 11.5. The molecule has 0 amide bonds. The molecule has 0 aliphatic rings. The molecule has 0 aliphatic heterocycles. The van der Waals surface area contributed by atoms with Gasteiger partial charge in [0.1, 0.15) is 5.75 Å². The Hall–Kier alpha value is -1.57. The van der Waals surface area contributed by atoms with Crippen LogP contribution in [0, 0.1) is 0 Å². The number of rotatable bonds is 3. The highest BCUT2D eigenvalue weighted by Crippen LogP contribution is 2.17. The Kier molecular flexibility index (Phi) is 3.26. The molecule has 0 saturated heterocycles. The second-order valence-electron chi connectivity index (χ2n) is 2.56. The summed E-state index contributed by atoms with van der Waals surface area (Å²) in [5.41, 5.74) is 0.600. The molecule has 2 heteroatoms. The average molecular weight is 176 g/mol. The van der Waals surface area contributed by atoms with Gasteiger partial charge in [0.05, 0.1) is 12.7 Å². The third kappa shape index (κ3) is 2.18. The van der Waals surface area contributed by atoms with Crippen molar-refractivity contribution < 1.29 is 9.53 Å². The van der Waals surface area contributed by atoms with Crippen LogP contribution in [-0.4, -0.2) is 12.9 Å². The maximum atomic E-state index is 11.5. The van der Waals surface area contributed by atoms with Gasteiger partial charge in [-0.3, -0.25) is 4.79 Å². The minimum atomic E-state index is -0.0278. The van der Waals surface area contributed by atoms with E-state index in [2.05, 4.69) is 0 Å². The Morgan fingerprint density at radius 3 is 2.69 bits per heavy atom. The molecule has 0 unspecified atom stereocenters. The highest BCUT2D eigenvalue weighted by atomic mass is 16.5. The number of carbonyl (C=O) groups excluding carboxylic acids is 1. The van der Waals surface area contributed by atoms with Crippen LogP contribution >= 0.6 is 0 Å². The zero-order valence-electron chi connectivity index (χ0n) is 7.78. The van der Waals surface area contributed by atoms with Crippen LogP contribution in [0.25, 0.3) is 0 Å². The average Bonchev–Trinajstić information content (AvgIpc) is 2.18. The van der Waals surface area contributed by atoms with Gasteiger partial charge in [0.25, 0.3) is 0 Å². The summed E-state index contributed by atoms with van der Waals surface area (Å²) in [6.07, 6.45) is 3.24. The van der Waals surface area contributed by atoms with Crippen LogP contribution in [0.2, 0.25) is 0 Å². The van der Waals surface area contributed by atoms with E-state index < -0.39 is 0 Å². The Balaban J connectivity index is 3.05. The molecule has 0 N–H and O–H groups in total. The normalized spacial score (nSPS) is 10.3. The highest BCUT2D eigenvalue weighted by molar-refractivity contribution is 6.06. The predicted molar refractivity (Wildman–Crippen MR) is 52.1 cm³/mol. The Morgan fingerprint density at radius 2 is 2.08 bits per heavy atom. The molecule has 0 fully saturated rings. The van der Waals surface area contributed by atoms with E-state index in [0.29, 0.717) is 11.3 Å². The first-order chi connectivity index (χ1) is 6.29. The molecular formula is C11H12O2. The molecule has 0 aliphatic carbocycles. The molecule has 13 heavy (non-hydrogen) atoms. The summed E-state index contributed by atoms with van der Waals surface area (Å²) in [7, 11) is 1.56. The Labute approximate surface area is 77.8 Å². The minimum absolute atomic E-state index is 0.0278. The number of allylic oxidation sites excluding steroid dienone is 2. The van der Waals surface area contributed by atoms with E-state index in [0.717, 1.165) is 0 Å². The van der Waals surface area contributed by atoms with Crippen molar-refractivity contribution in [1.29, 1.82) is 0 Å². The topological polar surface area (TPSA) is 26.3 Å². The molecule has 2 nitrogen and oxygen atoms in total. The first-order valence-electron chi connectivity index (χ1n) is 4.09. The van der Waals surface area contributed by atoms with E-state index in [-0.39, 0.29) is 5.78 Å². The zero-order chi connectivity index (χ0) is 9.68. The standard InChI is InChI=1S/C11H12O2/c1-3-6-10(12)9-7-4-5-8-11(9)13-2/h3-8H,1-2H3/b6-3+. The fraction of sp³-hybridized carbons (Fsp3) is 0.182. The van der Waals surface area contributed by atoms with Crippen LogP contribution in [-0.2, 0) is 0 Å². The number of carbonyl (C=O) groups is 1. The van der Waals surface area contributed by atoms with E-state index in [1.807, 2.05) is 19.1 Å². The molecule has 0 heterocycles. The molecule has 0 atom stereocenters. The van der Waals surface area contributed by atoms with Crippen LogP contribution in [0.5, 0.6) is 5.75 Å². The van der Waals surface area contributed by atoms with E-state index in [9.17, 15) is 4.79 Å². The maximum absolute atomic E-state index is 11.5. The van der Waals surface area contributed by atoms with Crippen LogP contribution in [0.1, 0.15) is 17.3 Å². The molecule has 1 aromatic rings. The first-order valence-corrected chi connectivity index (χ1v) is 4.09. The number of benzene rings is 1. The quantitative estimate of drug-likeness (QED) is 0.522. The number of ketones is 1. The second-order valence-corrected chi connectivity index (χ2v) is 2.56. The third-order valence-electron chi connectivity index (χ3n) is 1.69. The van der Waals surface area contributed by atoms with Crippen molar-refractivity contribution in [1.82, 2.24) is 0 Å². The number of para-hydroxylation sites is 1. The van der Waals surface area contributed by atoms with E-state index in [1.165, 1.54) is 6.08 Å². The SMILES string of the molecule is C/C=C/C(=O)c1ccccc1OC. The Bertz CT molecular complexity index is 327. The molecule has 0 saturated carbocycles. The maximum Gasteiger partial charge on any atom is 0.189 e. The van der Waals surface area contributed by atoms with Crippen molar-refractivity contribution in [3.05, 3.63) is 42.0 Å². The van der Waals surface area contributed by atoms with Crippen molar-refractivity contribution in [2.45, 2.75) is 6.92 Å². The molecule has 0 bridgehead atoms. The molecule has 0 radical (unpaired) electrons. The lowest BCUT2D eigenvalue weighted by Gasteiger charge is -2.03. The molecule has 1 rings (SSSR count). The van der Waals surface area contributed by atoms with Gasteiger partial charge in [-0.25, -0.2) is 0 Å². The van der Waals surface area contributed by atoms with Crippen LogP contribution in [0.3, 0.4) is 0 Å². The van der Waals surface area contributed by atoms with Gasteiger partial charge in [-0.1, -0.05) is 18.2 Å². The van der Waals surface area contributed by atoms with Gasteiger partial charge in [0, 0.05) is 0 Å². The second kappa shape index (κ2) is 4.45. The van der Waals surface area contributed by atoms with Crippen molar-refractivity contribution >= 4 is 5.78 Å². The lowest BCUT2D eigenvalue weighted by molar-refractivity contribution is 0.104. The summed E-state index contributed by atoms with van der Waals surface area (Å²) >= 11 is 0. The van der Waals surface area contributed by atoms with Gasteiger partial charge in [-0.2, -0.15) is 0 Å². The Morgan fingerprint density at radius 1 is 1.38 bits per heavy atom. The van der Waals surface area contributed by atoms with Gasteiger partial charge in [0.15, 0.2) is 5.78 Å². The summed E-state index contributed by atoms with van der Waals surface area (Å²) in [5, 5.41) is 0. The fourth-order valence-electron chi connectivity index (χ4n) is 1.09. The molecule has 68 valence electrons. The summed E-state index contributed by atoms with van der Waals surface area (Å²) < 4.78 is 5.06. The number of methoxy groups -OCH3 is 1. The van der Waals surface area contributed by atoms with Crippen LogP contribution in [0.15, 0.2) is 36.4 Å². The van der Waals surface area contributed by atoms with Crippen LogP contribution in [0.4, 0.5) is 0 Å². The van der Waals surface area contributed by atoms with Crippen molar-refractivity contribution in [3.63, 3.8) is 0 Å². The first kappa shape index (κ1) is 9.52.